The van der Waals surface area contributed by atoms with Crippen LogP contribution in [0.15, 0.2) is 52.4 Å². The quantitative estimate of drug-likeness (QED) is 0.276. The van der Waals surface area contributed by atoms with Crippen LogP contribution in [0.5, 0.6) is 5.75 Å². The van der Waals surface area contributed by atoms with Crippen molar-refractivity contribution in [2.45, 2.75) is 24.8 Å². The van der Waals surface area contributed by atoms with Crippen LogP contribution in [0.1, 0.15) is 16.7 Å². The average molecular weight is 532 g/mol. The minimum Gasteiger partial charge on any atom is -0.496 e. The Morgan fingerprint density at radius 2 is 1.90 bits per heavy atom. The number of hydrogen-bond donors (Lipinski definition) is 3. The number of nitrogens with one attached hydrogen (secondary N) is 3. The van der Waals surface area contributed by atoms with Crippen molar-refractivity contribution in [3.8, 4) is 5.75 Å². The van der Waals surface area contributed by atoms with Crippen LogP contribution >= 0.6 is 24.0 Å². The van der Waals surface area contributed by atoms with Gasteiger partial charge in [-0.1, -0.05) is 29.8 Å². The van der Waals surface area contributed by atoms with E-state index >= 15 is 0 Å². The van der Waals surface area contributed by atoms with Crippen LogP contribution < -0.4 is 20.1 Å². The molecule has 2 aromatic carbocycles. The molecule has 0 radical (unpaired) electrons. The highest BCUT2D eigenvalue weighted by atomic mass is 127. The molecule has 0 saturated carbocycles. The van der Waals surface area contributed by atoms with Crippen LogP contribution in [0.3, 0.4) is 0 Å². The predicted octanol–water partition coefficient (Wildman–Crippen LogP) is 2.44. The van der Waals surface area contributed by atoms with E-state index in [0.29, 0.717) is 19.0 Å². The van der Waals surface area contributed by atoms with Gasteiger partial charge in [-0.15, -0.1) is 24.0 Å². The number of nitrogens with zero attached hydrogens (tertiary/aromatic N) is 1. The molecule has 0 bridgehead atoms. The summed E-state index contributed by atoms with van der Waals surface area (Å²) in [5.41, 5.74) is 3.17. The minimum absolute atomic E-state index is 0. The summed E-state index contributed by atoms with van der Waals surface area (Å²) in [5, 5.41) is 6.47. The van der Waals surface area contributed by atoms with E-state index in [1.165, 1.54) is 12.6 Å². The van der Waals surface area contributed by atoms with Crippen LogP contribution in [0.4, 0.5) is 0 Å². The smallest absolute Gasteiger partial charge is 0.240 e. The molecule has 0 saturated heterocycles. The maximum atomic E-state index is 11.9. The van der Waals surface area contributed by atoms with Gasteiger partial charge in [-0.25, -0.2) is 13.1 Å². The number of aliphatic imine (C=N–C) groups is 1. The third-order valence-corrected chi connectivity index (χ3v) is 5.70. The third kappa shape index (κ3) is 7.48. The van der Waals surface area contributed by atoms with Crippen LogP contribution in [-0.2, 0) is 23.0 Å². The Kier molecular flexibility index (Phi) is 10.4. The molecule has 29 heavy (non-hydrogen) atoms. The zero-order valence-electron chi connectivity index (χ0n) is 17.2. The van der Waals surface area contributed by atoms with Crippen LogP contribution in [0.25, 0.3) is 0 Å². The second-order valence-electron chi connectivity index (χ2n) is 6.27. The lowest BCUT2D eigenvalue weighted by Gasteiger charge is -2.14. The Labute approximate surface area is 190 Å². The fourth-order valence-electron chi connectivity index (χ4n) is 2.77. The molecular weight excluding hydrogens is 503 g/mol. The largest absolute Gasteiger partial charge is 0.496 e. The minimum atomic E-state index is -3.46. The van der Waals surface area contributed by atoms with E-state index in [-0.39, 0.29) is 28.9 Å². The zero-order valence-corrected chi connectivity index (χ0v) is 20.3. The molecule has 0 aliphatic rings. The average Bonchev–Trinajstić information content (AvgIpc) is 2.71. The van der Waals surface area contributed by atoms with Crippen LogP contribution in [0.2, 0.25) is 0 Å². The van der Waals surface area contributed by atoms with Crippen molar-refractivity contribution >= 4 is 40.0 Å². The number of methoxy groups -OCH3 is 1. The fourth-order valence-corrected chi connectivity index (χ4v) is 3.57. The molecule has 0 aliphatic carbocycles. The van der Waals surface area contributed by atoms with Gasteiger partial charge in [0, 0.05) is 20.1 Å². The highest BCUT2D eigenvalue weighted by Crippen LogP contribution is 2.19. The van der Waals surface area contributed by atoms with Gasteiger partial charge in [-0.05, 0) is 49.7 Å². The van der Waals surface area contributed by atoms with Gasteiger partial charge in [-0.2, -0.15) is 0 Å². The lowest BCUT2D eigenvalue weighted by Crippen LogP contribution is -2.37. The molecule has 9 heteroatoms. The van der Waals surface area contributed by atoms with Gasteiger partial charge in [-0.3, -0.25) is 4.99 Å². The number of benzene rings is 2. The number of ether oxygens (including phenoxy) is 1. The Morgan fingerprint density at radius 1 is 1.14 bits per heavy atom. The lowest BCUT2D eigenvalue weighted by molar-refractivity contribution is 0.409. The number of aryl methyl sites for hydroxylation is 1. The summed E-state index contributed by atoms with van der Waals surface area (Å²) in [6.45, 7) is 3.20. The van der Waals surface area contributed by atoms with E-state index < -0.39 is 10.0 Å². The highest BCUT2D eigenvalue weighted by molar-refractivity contribution is 14.0. The zero-order chi connectivity index (χ0) is 20.6. The first-order valence-electron chi connectivity index (χ1n) is 9.00. The maximum Gasteiger partial charge on any atom is 0.240 e. The van der Waals surface area contributed by atoms with E-state index in [0.717, 1.165) is 23.3 Å². The second-order valence-corrected chi connectivity index (χ2v) is 8.16. The first-order valence-corrected chi connectivity index (χ1v) is 10.5. The topological polar surface area (TPSA) is 91.8 Å². The van der Waals surface area contributed by atoms with Gasteiger partial charge in [0.05, 0.1) is 12.0 Å². The van der Waals surface area contributed by atoms with Gasteiger partial charge in [0.25, 0.3) is 0 Å². The second kappa shape index (κ2) is 12.0. The monoisotopic (exact) mass is 532 g/mol. The Morgan fingerprint density at radius 3 is 2.55 bits per heavy atom. The maximum absolute atomic E-state index is 11.9. The number of rotatable bonds is 8. The normalized spacial score (nSPS) is 11.5. The van der Waals surface area contributed by atoms with E-state index in [9.17, 15) is 8.42 Å². The highest BCUT2D eigenvalue weighted by Gasteiger charge is 2.11. The predicted molar refractivity (Wildman–Crippen MR) is 128 cm³/mol. The Hall–Kier alpha value is -1.85. The summed E-state index contributed by atoms with van der Waals surface area (Å²) in [5.74, 6) is 1.52. The molecule has 0 heterocycles. The van der Waals surface area contributed by atoms with Crippen molar-refractivity contribution in [3.63, 3.8) is 0 Å². The molecule has 0 unspecified atom stereocenters. The molecule has 3 N–H and O–H groups in total. The molecular formula is C20H29IN4O3S. The van der Waals surface area contributed by atoms with Crippen molar-refractivity contribution in [3.05, 3.63) is 59.2 Å². The van der Waals surface area contributed by atoms with Gasteiger partial charge in [0.2, 0.25) is 10.0 Å². The van der Waals surface area contributed by atoms with E-state index in [2.05, 4.69) is 33.3 Å². The van der Waals surface area contributed by atoms with Gasteiger partial charge in [0.15, 0.2) is 5.96 Å². The summed E-state index contributed by atoms with van der Waals surface area (Å²) in [6.07, 6.45) is 0.793. The van der Waals surface area contributed by atoms with Gasteiger partial charge in [0.1, 0.15) is 5.75 Å². The summed E-state index contributed by atoms with van der Waals surface area (Å²) in [6, 6.07) is 12.9. The summed E-state index contributed by atoms with van der Waals surface area (Å²) in [7, 11) is 1.31. The molecule has 0 aliphatic heterocycles. The van der Waals surface area contributed by atoms with E-state index in [1.807, 2.05) is 18.2 Å². The molecule has 160 valence electrons. The summed E-state index contributed by atoms with van der Waals surface area (Å²) < 4.78 is 31.6. The molecule has 0 atom stereocenters. The van der Waals surface area contributed by atoms with E-state index in [1.54, 1.807) is 32.4 Å². The summed E-state index contributed by atoms with van der Waals surface area (Å²) >= 11 is 0. The first-order chi connectivity index (χ1) is 13.4. The fraction of sp³-hybridized carbons (Fsp3) is 0.350. The van der Waals surface area contributed by atoms with E-state index in [4.69, 9.17) is 4.74 Å². The standard InChI is InChI=1S/C20H28N4O3S.HI/c1-15-8-9-19(27-4)17(12-15)10-11-23-20(21-2)24-14-16-6-5-7-18(13-16)28(25,26)22-3;/h5-9,12-13,22H,10-11,14H2,1-4H3,(H2,21,23,24);1H. The van der Waals surface area contributed by atoms with Crippen LogP contribution in [0, 0.1) is 6.92 Å². The first kappa shape index (κ1) is 25.2. The number of sulfonamides is 1. The molecule has 0 fully saturated rings. The molecule has 0 amide bonds. The van der Waals surface area contributed by atoms with Crippen LogP contribution in [-0.4, -0.2) is 42.1 Å². The Balaban J connectivity index is 0.00000420. The molecule has 2 aromatic rings. The summed E-state index contributed by atoms with van der Waals surface area (Å²) in [4.78, 5) is 4.45. The Bertz CT molecular complexity index is 933. The van der Waals surface area contributed by atoms with Crippen molar-refractivity contribution in [2.24, 2.45) is 4.99 Å². The van der Waals surface area contributed by atoms with Crippen molar-refractivity contribution in [2.75, 3.05) is 27.7 Å². The number of halogens is 1. The SMILES string of the molecule is CN=C(NCCc1cc(C)ccc1OC)NCc1cccc(S(=O)(=O)NC)c1.I. The lowest BCUT2D eigenvalue weighted by atomic mass is 10.1. The third-order valence-electron chi connectivity index (χ3n) is 4.28. The van der Waals surface area contributed by atoms with Crippen molar-refractivity contribution in [1.82, 2.24) is 15.4 Å². The molecule has 0 spiro atoms. The molecule has 2 rings (SSSR count). The van der Waals surface area contributed by atoms with Gasteiger partial charge < -0.3 is 15.4 Å². The van der Waals surface area contributed by atoms with Crippen molar-refractivity contribution < 1.29 is 13.2 Å². The van der Waals surface area contributed by atoms with Gasteiger partial charge >= 0.3 is 0 Å². The molecule has 7 nitrogen and oxygen atoms in total. The molecule has 0 aromatic heterocycles. The van der Waals surface area contributed by atoms with Crippen molar-refractivity contribution in [1.29, 1.82) is 0 Å². The number of guanidine groups is 1. The number of hydrogen-bond acceptors (Lipinski definition) is 4.